The molecule has 0 radical (unpaired) electrons. The van der Waals surface area contributed by atoms with E-state index in [-0.39, 0.29) is 24.5 Å². The highest BCUT2D eigenvalue weighted by molar-refractivity contribution is 5.95. The van der Waals surface area contributed by atoms with Crippen molar-refractivity contribution in [1.29, 1.82) is 0 Å². The van der Waals surface area contributed by atoms with Crippen molar-refractivity contribution >= 4 is 11.8 Å². The highest BCUT2D eigenvalue weighted by atomic mass is 16.7. The maximum absolute atomic E-state index is 13.1. The molecule has 2 amide bonds. The molecule has 0 unspecified atom stereocenters. The van der Waals surface area contributed by atoms with Crippen LogP contribution in [0.15, 0.2) is 36.4 Å². The summed E-state index contributed by atoms with van der Waals surface area (Å²) in [5, 5.41) is 0. The molecule has 2 aromatic rings. The summed E-state index contributed by atoms with van der Waals surface area (Å²) in [5.74, 6) is 1.37. The van der Waals surface area contributed by atoms with Gasteiger partial charge in [0, 0.05) is 32.2 Å². The lowest BCUT2D eigenvalue weighted by molar-refractivity contribution is -0.136. The Morgan fingerprint density at radius 2 is 1.80 bits per heavy atom. The number of fused-ring (bicyclic) bond motifs is 1. The molecule has 1 saturated heterocycles. The van der Waals surface area contributed by atoms with Gasteiger partial charge in [0.25, 0.3) is 5.91 Å². The van der Waals surface area contributed by atoms with E-state index < -0.39 is 0 Å². The number of likely N-dealkylation sites (tertiary alicyclic amines) is 1. The molecule has 30 heavy (non-hydrogen) atoms. The maximum atomic E-state index is 13.1. The molecular weight excluding hydrogens is 380 g/mol. The normalized spacial score (nSPS) is 17.7. The average molecular weight is 408 g/mol. The Balaban J connectivity index is 1.40. The van der Waals surface area contributed by atoms with Crippen molar-refractivity contribution in [1.82, 2.24) is 9.80 Å². The quantitative estimate of drug-likeness (QED) is 0.776. The Morgan fingerprint density at radius 1 is 1.07 bits per heavy atom. The molecular formula is C24H28N2O4. The van der Waals surface area contributed by atoms with E-state index in [0.717, 1.165) is 41.0 Å². The zero-order chi connectivity index (χ0) is 21.3. The van der Waals surface area contributed by atoms with E-state index in [9.17, 15) is 9.59 Å². The van der Waals surface area contributed by atoms with Gasteiger partial charge in [-0.3, -0.25) is 9.59 Å². The molecule has 6 heteroatoms. The summed E-state index contributed by atoms with van der Waals surface area (Å²) in [6.45, 7) is 5.89. The van der Waals surface area contributed by atoms with Crippen molar-refractivity contribution in [3.8, 4) is 11.5 Å². The van der Waals surface area contributed by atoms with Gasteiger partial charge in [0.15, 0.2) is 11.5 Å². The fourth-order valence-corrected chi connectivity index (χ4v) is 4.35. The fourth-order valence-electron chi connectivity index (χ4n) is 4.35. The Morgan fingerprint density at radius 3 is 2.57 bits per heavy atom. The van der Waals surface area contributed by atoms with Crippen molar-refractivity contribution in [3.63, 3.8) is 0 Å². The van der Waals surface area contributed by atoms with Crippen LogP contribution in [0.25, 0.3) is 0 Å². The Bertz CT molecular complexity index is 951. The van der Waals surface area contributed by atoms with Crippen LogP contribution in [0.1, 0.15) is 39.9 Å². The van der Waals surface area contributed by atoms with Crippen LogP contribution in [-0.4, -0.2) is 48.5 Å². The van der Waals surface area contributed by atoms with Crippen molar-refractivity contribution in [3.05, 3.63) is 58.7 Å². The van der Waals surface area contributed by atoms with Crippen molar-refractivity contribution in [2.75, 3.05) is 26.9 Å². The topological polar surface area (TPSA) is 59.1 Å². The predicted octanol–water partition coefficient (Wildman–Crippen LogP) is 3.54. The second kappa shape index (κ2) is 8.38. The highest BCUT2D eigenvalue weighted by Gasteiger charge is 2.31. The first kappa shape index (κ1) is 20.3. The van der Waals surface area contributed by atoms with E-state index in [4.69, 9.17) is 9.47 Å². The van der Waals surface area contributed by atoms with Crippen LogP contribution in [0.4, 0.5) is 0 Å². The third-order valence-electron chi connectivity index (χ3n) is 5.76. The number of nitrogens with zero attached hydrogens (tertiary/aromatic N) is 2. The zero-order valence-corrected chi connectivity index (χ0v) is 17.8. The van der Waals surface area contributed by atoms with Crippen LogP contribution in [0.3, 0.4) is 0 Å². The van der Waals surface area contributed by atoms with Crippen LogP contribution < -0.4 is 9.47 Å². The van der Waals surface area contributed by atoms with Gasteiger partial charge in [-0.05, 0) is 56.5 Å². The molecule has 1 atom stereocenters. The molecule has 4 rings (SSSR count). The van der Waals surface area contributed by atoms with Crippen molar-refractivity contribution in [2.45, 2.75) is 33.2 Å². The lowest BCUT2D eigenvalue weighted by atomic mass is 9.95. The van der Waals surface area contributed by atoms with Gasteiger partial charge in [-0.1, -0.05) is 23.3 Å². The van der Waals surface area contributed by atoms with E-state index in [1.807, 2.05) is 56.1 Å². The van der Waals surface area contributed by atoms with Gasteiger partial charge in [-0.15, -0.1) is 0 Å². The molecule has 6 nitrogen and oxygen atoms in total. The number of rotatable bonds is 4. The van der Waals surface area contributed by atoms with E-state index in [0.29, 0.717) is 25.2 Å². The van der Waals surface area contributed by atoms with Crippen LogP contribution >= 0.6 is 0 Å². The largest absolute Gasteiger partial charge is 0.454 e. The number of carbonyl (C=O) groups excluding carboxylic acids is 2. The number of hydrogen-bond acceptors (Lipinski definition) is 4. The summed E-state index contributed by atoms with van der Waals surface area (Å²) >= 11 is 0. The van der Waals surface area contributed by atoms with Crippen LogP contribution in [0.5, 0.6) is 11.5 Å². The monoisotopic (exact) mass is 408 g/mol. The first-order valence-corrected chi connectivity index (χ1v) is 10.4. The van der Waals surface area contributed by atoms with E-state index in [2.05, 4.69) is 6.07 Å². The number of amides is 2. The molecule has 158 valence electrons. The predicted molar refractivity (Wildman–Crippen MR) is 114 cm³/mol. The maximum Gasteiger partial charge on any atom is 0.253 e. The van der Waals surface area contributed by atoms with Gasteiger partial charge in [0.2, 0.25) is 12.7 Å². The summed E-state index contributed by atoms with van der Waals surface area (Å²) in [6, 6.07) is 11.7. The molecule has 2 aliphatic heterocycles. The number of aryl methyl sites for hydroxylation is 2. The minimum atomic E-state index is -0.174. The van der Waals surface area contributed by atoms with Crippen LogP contribution in [-0.2, 0) is 11.3 Å². The van der Waals surface area contributed by atoms with Gasteiger partial charge in [0.1, 0.15) is 0 Å². The lowest BCUT2D eigenvalue weighted by Crippen LogP contribution is -2.45. The summed E-state index contributed by atoms with van der Waals surface area (Å²) in [4.78, 5) is 29.7. The highest BCUT2D eigenvalue weighted by Crippen LogP contribution is 2.33. The summed E-state index contributed by atoms with van der Waals surface area (Å²) < 4.78 is 10.8. The third-order valence-corrected chi connectivity index (χ3v) is 5.76. The van der Waals surface area contributed by atoms with Gasteiger partial charge < -0.3 is 19.3 Å². The molecule has 0 spiro atoms. The molecule has 0 aliphatic carbocycles. The van der Waals surface area contributed by atoms with E-state index in [1.54, 1.807) is 4.90 Å². The molecule has 2 heterocycles. The molecule has 0 aromatic heterocycles. The standard InChI is InChI=1S/C24H28N2O4/c1-16-9-17(2)11-20(10-16)24(28)26-8-4-5-19(14-26)23(27)25(3)13-18-6-7-21-22(12-18)30-15-29-21/h6-7,9-12,19H,4-5,8,13-15H2,1-3H3/t19-/m1/s1. The van der Waals surface area contributed by atoms with Gasteiger partial charge in [-0.25, -0.2) is 0 Å². The Kier molecular flexibility index (Phi) is 5.66. The molecule has 0 N–H and O–H groups in total. The van der Waals surface area contributed by atoms with Crippen LogP contribution in [0, 0.1) is 19.8 Å². The second-order valence-corrected chi connectivity index (χ2v) is 8.35. The molecule has 0 saturated carbocycles. The number of ether oxygens (including phenoxy) is 2. The summed E-state index contributed by atoms with van der Waals surface area (Å²) in [5.41, 5.74) is 3.85. The molecule has 2 aliphatic rings. The Hall–Kier alpha value is -3.02. The lowest BCUT2D eigenvalue weighted by Gasteiger charge is -2.34. The second-order valence-electron chi connectivity index (χ2n) is 8.35. The first-order valence-electron chi connectivity index (χ1n) is 10.4. The fraction of sp³-hybridized carbons (Fsp3) is 0.417. The van der Waals surface area contributed by atoms with Gasteiger partial charge >= 0.3 is 0 Å². The summed E-state index contributed by atoms with van der Waals surface area (Å²) in [6.07, 6.45) is 1.64. The summed E-state index contributed by atoms with van der Waals surface area (Å²) in [7, 11) is 1.82. The van der Waals surface area contributed by atoms with E-state index >= 15 is 0 Å². The average Bonchev–Trinajstić information content (AvgIpc) is 3.20. The minimum absolute atomic E-state index is 0.0118. The first-order chi connectivity index (χ1) is 14.4. The van der Waals surface area contributed by atoms with Gasteiger partial charge in [0.05, 0.1) is 5.92 Å². The Labute approximate surface area is 177 Å². The molecule has 2 aromatic carbocycles. The smallest absolute Gasteiger partial charge is 0.253 e. The zero-order valence-electron chi connectivity index (χ0n) is 17.8. The van der Waals surface area contributed by atoms with Crippen molar-refractivity contribution < 1.29 is 19.1 Å². The number of carbonyl (C=O) groups is 2. The number of piperidine rings is 1. The SMILES string of the molecule is Cc1cc(C)cc(C(=O)N2CCC[C@@H](C(=O)N(C)Cc3ccc4c(c3)OCO4)C2)c1. The number of benzene rings is 2. The van der Waals surface area contributed by atoms with Crippen molar-refractivity contribution in [2.24, 2.45) is 5.92 Å². The van der Waals surface area contributed by atoms with Crippen LogP contribution in [0.2, 0.25) is 0 Å². The third kappa shape index (κ3) is 4.27. The minimum Gasteiger partial charge on any atom is -0.454 e. The van der Waals surface area contributed by atoms with Gasteiger partial charge in [-0.2, -0.15) is 0 Å². The number of hydrogen-bond donors (Lipinski definition) is 0. The van der Waals surface area contributed by atoms with E-state index in [1.165, 1.54) is 0 Å². The molecule has 1 fully saturated rings. The molecule has 0 bridgehead atoms.